The topological polar surface area (TPSA) is 86.0 Å². The van der Waals surface area contributed by atoms with Gasteiger partial charge in [0.05, 0.1) is 11.5 Å². The minimum absolute atomic E-state index is 0.0564. The number of fused-ring (bicyclic) bond motifs is 1. The molecule has 0 radical (unpaired) electrons. The van der Waals surface area contributed by atoms with Gasteiger partial charge in [-0.05, 0) is 13.8 Å². The standard InChI is InChI=1S/C14H19N3O4S/c1-3-15-14(16-4-2)22-8-11-6-12(17(18)19)5-10-7-20-9-21-13(10)11/h5-6H,3-4,7-9H2,1-2H3,(H,15,16). The van der Waals surface area contributed by atoms with Crippen molar-refractivity contribution in [2.24, 2.45) is 4.99 Å². The summed E-state index contributed by atoms with van der Waals surface area (Å²) in [4.78, 5) is 15.0. The smallest absolute Gasteiger partial charge is 0.270 e. The second-order valence-electron chi connectivity index (χ2n) is 4.56. The van der Waals surface area contributed by atoms with E-state index in [2.05, 4.69) is 10.3 Å². The third-order valence-corrected chi connectivity index (χ3v) is 3.98. The molecular weight excluding hydrogens is 306 g/mol. The van der Waals surface area contributed by atoms with E-state index in [0.717, 1.165) is 17.3 Å². The van der Waals surface area contributed by atoms with Crippen LogP contribution in [0.5, 0.6) is 5.75 Å². The van der Waals surface area contributed by atoms with Gasteiger partial charge in [-0.25, -0.2) is 0 Å². The summed E-state index contributed by atoms with van der Waals surface area (Å²) in [5.74, 6) is 1.24. The third kappa shape index (κ3) is 4.11. The summed E-state index contributed by atoms with van der Waals surface area (Å²) >= 11 is 1.51. The van der Waals surface area contributed by atoms with E-state index >= 15 is 0 Å². The van der Waals surface area contributed by atoms with Crippen molar-refractivity contribution in [3.8, 4) is 5.75 Å². The molecule has 1 aliphatic heterocycles. The molecule has 0 saturated heterocycles. The van der Waals surface area contributed by atoms with Crippen LogP contribution in [0.2, 0.25) is 0 Å². The molecule has 7 nitrogen and oxygen atoms in total. The molecule has 1 aromatic rings. The molecule has 0 bridgehead atoms. The Hall–Kier alpha value is -1.80. The number of nitrogens with one attached hydrogen (secondary N) is 1. The number of nitrogens with zero attached hydrogens (tertiary/aromatic N) is 2. The highest BCUT2D eigenvalue weighted by atomic mass is 32.2. The highest BCUT2D eigenvalue weighted by Gasteiger charge is 2.21. The van der Waals surface area contributed by atoms with Crippen LogP contribution in [-0.2, 0) is 17.1 Å². The largest absolute Gasteiger partial charge is 0.467 e. The van der Waals surface area contributed by atoms with Gasteiger partial charge in [0.15, 0.2) is 12.0 Å². The van der Waals surface area contributed by atoms with E-state index in [9.17, 15) is 10.1 Å². The fourth-order valence-electron chi connectivity index (χ4n) is 2.09. The van der Waals surface area contributed by atoms with Crippen molar-refractivity contribution in [2.45, 2.75) is 26.2 Å². The zero-order chi connectivity index (χ0) is 15.9. The molecule has 2 rings (SSSR count). The van der Waals surface area contributed by atoms with Crippen molar-refractivity contribution < 1.29 is 14.4 Å². The fourth-order valence-corrected chi connectivity index (χ4v) is 3.06. The van der Waals surface area contributed by atoms with E-state index in [0.29, 0.717) is 30.2 Å². The molecule has 1 heterocycles. The summed E-state index contributed by atoms with van der Waals surface area (Å²) in [5.41, 5.74) is 1.56. The van der Waals surface area contributed by atoms with Gasteiger partial charge in [0.25, 0.3) is 5.69 Å². The number of aliphatic imine (C=N–C) groups is 1. The third-order valence-electron chi connectivity index (χ3n) is 2.98. The minimum Gasteiger partial charge on any atom is -0.467 e. The van der Waals surface area contributed by atoms with Crippen molar-refractivity contribution >= 4 is 22.6 Å². The van der Waals surface area contributed by atoms with Gasteiger partial charge in [0.2, 0.25) is 0 Å². The normalized spacial score (nSPS) is 14.2. The first-order chi connectivity index (χ1) is 10.7. The predicted octanol–water partition coefficient (Wildman–Crippen LogP) is 2.68. The maximum absolute atomic E-state index is 11.1. The Labute approximate surface area is 133 Å². The van der Waals surface area contributed by atoms with Crippen LogP contribution in [0.25, 0.3) is 0 Å². The molecular formula is C14H19N3O4S. The van der Waals surface area contributed by atoms with Crippen LogP contribution >= 0.6 is 11.8 Å². The second-order valence-corrected chi connectivity index (χ2v) is 5.52. The molecule has 8 heteroatoms. The molecule has 0 unspecified atom stereocenters. The Morgan fingerprint density at radius 3 is 3.00 bits per heavy atom. The van der Waals surface area contributed by atoms with E-state index in [4.69, 9.17) is 9.47 Å². The Balaban J connectivity index is 2.23. The number of benzene rings is 1. The average Bonchev–Trinajstić information content (AvgIpc) is 2.52. The lowest BCUT2D eigenvalue weighted by molar-refractivity contribution is -0.385. The number of nitro benzene ring substituents is 1. The highest BCUT2D eigenvalue weighted by Crippen LogP contribution is 2.34. The number of amidine groups is 1. The van der Waals surface area contributed by atoms with Gasteiger partial charge in [0.1, 0.15) is 5.75 Å². The summed E-state index contributed by atoms with van der Waals surface area (Å²) in [6, 6.07) is 3.07. The van der Waals surface area contributed by atoms with Gasteiger partial charge in [-0.1, -0.05) is 11.8 Å². The van der Waals surface area contributed by atoms with E-state index < -0.39 is 4.92 Å². The van der Waals surface area contributed by atoms with Crippen LogP contribution < -0.4 is 10.1 Å². The number of thioether (sulfide) groups is 1. The summed E-state index contributed by atoms with van der Waals surface area (Å²) < 4.78 is 10.7. The molecule has 0 atom stereocenters. The average molecular weight is 325 g/mol. The lowest BCUT2D eigenvalue weighted by Gasteiger charge is -2.20. The number of non-ortho nitro benzene ring substituents is 1. The van der Waals surface area contributed by atoms with E-state index in [1.165, 1.54) is 17.8 Å². The lowest BCUT2D eigenvalue weighted by Crippen LogP contribution is -2.20. The monoisotopic (exact) mass is 325 g/mol. The molecule has 120 valence electrons. The Bertz CT molecular complexity index is 577. The van der Waals surface area contributed by atoms with Crippen LogP contribution in [0.1, 0.15) is 25.0 Å². The molecule has 0 saturated carbocycles. The maximum atomic E-state index is 11.1. The Morgan fingerprint density at radius 1 is 1.50 bits per heavy atom. The first kappa shape index (κ1) is 16.6. The van der Waals surface area contributed by atoms with Crippen LogP contribution in [-0.4, -0.2) is 30.0 Å². The van der Waals surface area contributed by atoms with E-state index in [-0.39, 0.29) is 12.5 Å². The quantitative estimate of drug-likeness (QED) is 0.388. The molecule has 1 N–H and O–H groups in total. The van der Waals surface area contributed by atoms with Gasteiger partial charge >= 0.3 is 0 Å². The van der Waals surface area contributed by atoms with Crippen molar-refractivity contribution in [3.63, 3.8) is 0 Å². The zero-order valence-electron chi connectivity index (χ0n) is 12.6. The molecule has 1 aromatic carbocycles. The van der Waals surface area contributed by atoms with E-state index in [1.807, 2.05) is 13.8 Å². The summed E-state index contributed by atoms with van der Waals surface area (Å²) in [6.45, 7) is 5.94. The summed E-state index contributed by atoms with van der Waals surface area (Å²) in [5, 5.41) is 15.1. The highest BCUT2D eigenvalue weighted by molar-refractivity contribution is 8.13. The van der Waals surface area contributed by atoms with Gasteiger partial charge in [-0.2, -0.15) is 0 Å². The molecule has 1 aliphatic rings. The summed E-state index contributed by atoms with van der Waals surface area (Å²) in [6.07, 6.45) is 0. The number of rotatable bonds is 5. The molecule has 0 aromatic heterocycles. The van der Waals surface area contributed by atoms with Crippen molar-refractivity contribution in [1.29, 1.82) is 0 Å². The van der Waals surface area contributed by atoms with Gasteiger partial charge in [-0.3, -0.25) is 15.1 Å². The van der Waals surface area contributed by atoms with Gasteiger partial charge < -0.3 is 14.8 Å². The van der Waals surface area contributed by atoms with Gasteiger partial charge in [-0.15, -0.1) is 0 Å². The molecule has 22 heavy (non-hydrogen) atoms. The maximum Gasteiger partial charge on any atom is 0.270 e. The molecule has 0 aliphatic carbocycles. The first-order valence-corrected chi connectivity index (χ1v) is 8.06. The fraction of sp³-hybridized carbons (Fsp3) is 0.500. The lowest BCUT2D eigenvalue weighted by atomic mass is 10.1. The minimum atomic E-state index is -0.394. The number of hydrogen-bond donors (Lipinski definition) is 1. The molecule has 0 spiro atoms. The number of ether oxygens (including phenoxy) is 2. The molecule has 0 amide bonds. The molecule has 0 fully saturated rings. The Morgan fingerprint density at radius 2 is 2.32 bits per heavy atom. The number of nitro groups is 1. The van der Waals surface area contributed by atoms with E-state index in [1.54, 1.807) is 6.07 Å². The van der Waals surface area contributed by atoms with Crippen LogP contribution in [0, 0.1) is 10.1 Å². The van der Waals surface area contributed by atoms with Crippen molar-refractivity contribution in [1.82, 2.24) is 5.32 Å². The van der Waals surface area contributed by atoms with Crippen molar-refractivity contribution in [3.05, 3.63) is 33.4 Å². The van der Waals surface area contributed by atoms with Crippen LogP contribution in [0.4, 0.5) is 5.69 Å². The first-order valence-electron chi connectivity index (χ1n) is 7.07. The number of hydrogen-bond acceptors (Lipinski definition) is 6. The predicted molar refractivity (Wildman–Crippen MR) is 86.3 cm³/mol. The van der Waals surface area contributed by atoms with Gasteiger partial charge in [0, 0.05) is 42.1 Å². The van der Waals surface area contributed by atoms with Crippen LogP contribution in [0.15, 0.2) is 17.1 Å². The Kier molecular flexibility index (Phi) is 6.02. The second kappa shape index (κ2) is 8.00. The van der Waals surface area contributed by atoms with Crippen LogP contribution in [0.3, 0.4) is 0 Å². The zero-order valence-corrected chi connectivity index (χ0v) is 13.4. The SMILES string of the molecule is CCN=C(NCC)SCc1cc([N+](=O)[O-])cc2c1OCOC2. The van der Waals surface area contributed by atoms with Crippen molar-refractivity contribution in [2.75, 3.05) is 19.9 Å². The summed E-state index contributed by atoms with van der Waals surface area (Å²) in [7, 11) is 0.